The van der Waals surface area contributed by atoms with Gasteiger partial charge in [0.2, 0.25) is 0 Å². The molecule has 0 unspecified atom stereocenters. The Hall–Kier alpha value is -2.74. The molecule has 21 heavy (non-hydrogen) atoms. The van der Waals surface area contributed by atoms with Gasteiger partial charge in [-0.3, -0.25) is 0 Å². The molecule has 0 radical (unpaired) electrons. The number of aryl methyl sites for hydroxylation is 1. The maximum atomic E-state index is 3.55. The first kappa shape index (κ1) is 12.0. The summed E-state index contributed by atoms with van der Waals surface area (Å²) < 4.78 is 0. The fourth-order valence-electron chi connectivity index (χ4n) is 2.85. The van der Waals surface area contributed by atoms with Crippen molar-refractivity contribution < 1.29 is 0 Å². The minimum atomic E-state index is 1.10. The second-order valence-electron chi connectivity index (χ2n) is 5.34. The van der Waals surface area contributed by atoms with Gasteiger partial charge in [0.15, 0.2) is 0 Å². The first-order chi connectivity index (χ1) is 10.3. The molecule has 0 aliphatic rings. The highest BCUT2D eigenvalue weighted by atomic mass is 14.9. The van der Waals surface area contributed by atoms with Crippen LogP contribution in [0.1, 0.15) is 5.56 Å². The van der Waals surface area contributed by atoms with Crippen molar-refractivity contribution in [1.82, 2.24) is 4.98 Å². The number of hydrogen-bond donors (Lipinski definition) is 2. The SMILES string of the molecule is Cc1ccc2c([nH]c3ccccc32)c1Nc1ccccc1. The third-order valence-electron chi connectivity index (χ3n) is 3.93. The lowest BCUT2D eigenvalue weighted by Crippen LogP contribution is -1.94. The number of nitrogens with one attached hydrogen (secondary N) is 2. The van der Waals surface area contributed by atoms with Crippen LogP contribution in [0.15, 0.2) is 66.7 Å². The van der Waals surface area contributed by atoms with E-state index in [9.17, 15) is 0 Å². The van der Waals surface area contributed by atoms with Crippen molar-refractivity contribution >= 4 is 33.2 Å². The number of hydrogen-bond acceptors (Lipinski definition) is 1. The lowest BCUT2D eigenvalue weighted by Gasteiger charge is -2.11. The summed E-state index contributed by atoms with van der Waals surface area (Å²) in [5, 5.41) is 6.07. The van der Waals surface area contributed by atoms with Gasteiger partial charge in [0, 0.05) is 22.0 Å². The van der Waals surface area contributed by atoms with E-state index in [1.54, 1.807) is 0 Å². The lowest BCUT2D eigenvalue weighted by atomic mass is 10.1. The first-order valence-corrected chi connectivity index (χ1v) is 7.15. The zero-order valence-electron chi connectivity index (χ0n) is 11.9. The van der Waals surface area contributed by atoms with Gasteiger partial charge >= 0.3 is 0 Å². The number of aromatic nitrogens is 1. The van der Waals surface area contributed by atoms with Crippen LogP contribution in [0.5, 0.6) is 0 Å². The smallest absolute Gasteiger partial charge is 0.0706 e. The summed E-state index contributed by atoms with van der Waals surface area (Å²) in [5.41, 5.74) is 5.83. The Kier molecular flexibility index (Phi) is 2.68. The summed E-state index contributed by atoms with van der Waals surface area (Å²) in [6.07, 6.45) is 0. The van der Waals surface area contributed by atoms with Gasteiger partial charge < -0.3 is 10.3 Å². The molecule has 0 fully saturated rings. The van der Waals surface area contributed by atoms with Crippen molar-refractivity contribution in [3.05, 3.63) is 72.3 Å². The molecular weight excluding hydrogens is 256 g/mol. The molecule has 0 saturated heterocycles. The molecule has 0 atom stereocenters. The lowest BCUT2D eigenvalue weighted by molar-refractivity contribution is 1.43. The van der Waals surface area contributed by atoms with Crippen LogP contribution in [0, 0.1) is 6.92 Å². The standard InChI is InChI=1S/C19H16N2/c1-13-11-12-16-15-9-5-6-10-17(15)21-19(16)18(13)20-14-7-3-2-4-8-14/h2-12,20-21H,1H3. The zero-order valence-corrected chi connectivity index (χ0v) is 11.9. The average Bonchev–Trinajstić information content (AvgIpc) is 2.90. The molecule has 0 aliphatic heterocycles. The molecule has 102 valence electrons. The molecule has 4 rings (SSSR count). The second kappa shape index (κ2) is 4.67. The minimum Gasteiger partial charge on any atom is -0.354 e. The molecule has 0 spiro atoms. The highest BCUT2D eigenvalue weighted by Crippen LogP contribution is 2.34. The quantitative estimate of drug-likeness (QED) is 0.504. The Balaban J connectivity index is 1.97. The summed E-state index contributed by atoms with van der Waals surface area (Å²) in [4.78, 5) is 3.55. The van der Waals surface area contributed by atoms with Gasteiger partial charge in [0.05, 0.1) is 11.2 Å². The molecule has 1 heterocycles. The van der Waals surface area contributed by atoms with Crippen molar-refractivity contribution in [2.45, 2.75) is 6.92 Å². The molecule has 3 aromatic carbocycles. The van der Waals surface area contributed by atoms with Crippen LogP contribution in [0.4, 0.5) is 11.4 Å². The van der Waals surface area contributed by atoms with E-state index in [-0.39, 0.29) is 0 Å². The minimum absolute atomic E-state index is 1.10. The number of benzene rings is 3. The molecule has 4 aromatic rings. The van der Waals surface area contributed by atoms with Crippen molar-refractivity contribution in [1.29, 1.82) is 0 Å². The van der Waals surface area contributed by atoms with Crippen LogP contribution < -0.4 is 5.32 Å². The molecule has 0 aliphatic carbocycles. The normalized spacial score (nSPS) is 11.1. The predicted molar refractivity (Wildman–Crippen MR) is 90.3 cm³/mol. The number of para-hydroxylation sites is 2. The average molecular weight is 272 g/mol. The molecule has 0 amide bonds. The molecular formula is C19H16N2. The number of rotatable bonds is 2. The molecule has 2 N–H and O–H groups in total. The van der Waals surface area contributed by atoms with E-state index in [0.717, 1.165) is 11.4 Å². The van der Waals surface area contributed by atoms with Crippen molar-refractivity contribution in [3.8, 4) is 0 Å². The van der Waals surface area contributed by atoms with Gasteiger partial charge in [-0.05, 0) is 30.7 Å². The first-order valence-electron chi connectivity index (χ1n) is 7.15. The molecule has 0 bridgehead atoms. The highest BCUT2D eigenvalue weighted by Gasteiger charge is 2.10. The second-order valence-corrected chi connectivity index (χ2v) is 5.34. The highest BCUT2D eigenvalue weighted by molar-refractivity contribution is 6.12. The number of H-pyrrole nitrogens is 1. The monoisotopic (exact) mass is 272 g/mol. The Bertz CT molecular complexity index is 920. The summed E-state index contributed by atoms with van der Waals surface area (Å²) in [6, 6.07) is 23.1. The van der Waals surface area contributed by atoms with Crippen LogP contribution in [0.25, 0.3) is 21.8 Å². The Morgan fingerprint density at radius 1 is 0.762 bits per heavy atom. The van der Waals surface area contributed by atoms with Gasteiger partial charge in [-0.15, -0.1) is 0 Å². The van der Waals surface area contributed by atoms with Gasteiger partial charge in [-0.2, -0.15) is 0 Å². The van der Waals surface area contributed by atoms with Gasteiger partial charge in [0.1, 0.15) is 0 Å². The predicted octanol–water partition coefficient (Wildman–Crippen LogP) is 5.37. The fourth-order valence-corrected chi connectivity index (χ4v) is 2.85. The maximum absolute atomic E-state index is 3.55. The van der Waals surface area contributed by atoms with E-state index in [0.29, 0.717) is 0 Å². The Morgan fingerprint density at radius 2 is 1.52 bits per heavy atom. The van der Waals surface area contributed by atoms with E-state index < -0.39 is 0 Å². The zero-order chi connectivity index (χ0) is 14.2. The van der Waals surface area contributed by atoms with Gasteiger partial charge in [-0.1, -0.05) is 48.5 Å². The summed E-state index contributed by atoms with van der Waals surface area (Å²) in [6.45, 7) is 2.14. The van der Waals surface area contributed by atoms with E-state index in [1.807, 2.05) is 18.2 Å². The number of anilines is 2. The van der Waals surface area contributed by atoms with Crippen LogP contribution in [0.2, 0.25) is 0 Å². The Labute approximate surface area is 123 Å². The van der Waals surface area contributed by atoms with Crippen molar-refractivity contribution in [3.63, 3.8) is 0 Å². The summed E-state index contributed by atoms with van der Waals surface area (Å²) in [7, 11) is 0. The summed E-state index contributed by atoms with van der Waals surface area (Å²) >= 11 is 0. The van der Waals surface area contributed by atoms with Gasteiger partial charge in [0.25, 0.3) is 0 Å². The summed E-state index contributed by atoms with van der Waals surface area (Å²) in [5.74, 6) is 0. The molecule has 2 heteroatoms. The molecule has 1 aromatic heterocycles. The van der Waals surface area contributed by atoms with Crippen LogP contribution in [-0.2, 0) is 0 Å². The van der Waals surface area contributed by atoms with Crippen LogP contribution in [0.3, 0.4) is 0 Å². The third-order valence-corrected chi connectivity index (χ3v) is 3.93. The molecule has 0 saturated carbocycles. The maximum Gasteiger partial charge on any atom is 0.0706 e. The number of aromatic amines is 1. The third kappa shape index (κ3) is 1.96. The van der Waals surface area contributed by atoms with E-state index in [4.69, 9.17) is 0 Å². The Morgan fingerprint density at radius 3 is 2.38 bits per heavy atom. The van der Waals surface area contributed by atoms with E-state index in [1.165, 1.54) is 27.4 Å². The van der Waals surface area contributed by atoms with Crippen LogP contribution in [-0.4, -0.2) is 4.98 Å². The van der Waals surface area contributed by atoms with Crippen LogP contribution >= 0.6 is 0 Å². The fraction of sp³-hybridized carbons (Fsp3) is 0.0526. The molecule has 2 nitrogen and oxygen atoms in total. The topological polar surface area (TPSA) is 27.8 Å². The largest absolute Gasteiger partial charge is 0.354 e. The van der Waals surface area contributed by atoms with E-state index in [2.05, 4.69) is 65.8 Å². The number of fused-ring (bicyclic) bond motifs is 3. The van der Waals surface area contributed by atoms with Crippen molar-refractivity contribution in [2.24, 2.45) is 0 Å². The van der Waals surface area contributed by atoms with Gasteiger partial charge in [-0.25, -0.2) is 0 Å². The van der Waals surface area contributed by atoms with Crippen molar-refractivity contribution in [2.75, 3.05) is 5.32 Å². The van der Waals surface area contributed by atoms with E-state index >= 15 is 0 Å².